The molecule has 8 nitrogen and oxygen atoms in total. The van der Waals surface area contributed by atoms with Crippen molar-refractivity contribution in [3.8, 4) is 0 Å². The third-order valence-electron chi connectivity index (χ3n) is 5.94. The molecule has 1 saturated heterocycles. The van der Waals surface area contributed by atoms with Gasteiger partial charge in [-0.05, 0) is 49.1 Å². The number of aromatic nitrogens is 2. The fourth-order valence-electron chi connectivity index (χ4n) is 4.21. The number of amides is 1. The maximum absolute atomic E-state index is 13.2. The number of benzene rings is 1. The number of halogens is 3. The Morgan fingerprint density at radius 3 is 2.41 bits per heavy atom. The molecule has 0 saturated carbocycles. The van der Waals surface area contributed by atoms with Gasteiger partial charge in [0.15, 0.2) is 0 Å². The summed E-state index contributed by atoms with van der Waals surface area (Å²) in [6.07, 6.45) is 2.50. The van der Waals surface area contributed by atoms with E-state index in [-0.39, 0.29) is 29.3 Å². The molecule has 0 spiro atoms. The number of carbonyl (C=O) groups is 1. The smallest absolute Gasteiger partial charge is 0.258 e. The zero-order valence-corrected chi connectivity index (χ0v) is 20.3. The van der Waals surface area contributed by atoms with Crippen LogP contribution in [0.3, 0.4) is 0 Å². The lowest BCUT2D eigenvalue weighted by Gasteiger charge is -2.33. The molecule has 32 heavy (non-hydrogen) atoms. The average Bonchev–Trinajstić information content (AvgIpc) is 2.74. The fourth-order valence-corrected chi connectivity index (χ4v) is 5.70. The fraction of sp³-hybridized carbons (Fsp3) is 0.450. The summed E-state index contributed by atoms with van der Waals surface area (Å²) in [6.45, 7) is 1.18. The van der Waals surface area contributed by atoms with Gasteiger partial charge in [0.05, 0.1) is 28.5 Å². The Kier molecular flexibility index (Phi) is 6.57. The minimum absolute atomic E-state index is 0.0513. The summed E-state index contributed by atoms with van der Waals surface area (Å²) in [5.41, 5.74) is 1.20. The van der Waals surface area contributed by atoms with Crippen molar-refractivity contribution in [2.75, 3.05) is 25.9 Å². The van der Waals surface area contributed by atoms with Crippen molar-refractivity contribution in [2.45, 2.75) is 31.8 Å². The van der Waals surface area contributed by atoms with E-state index < -0.39 is 10.0 Å². The van der Waals surface area contributed by atoms with E-state index in [9.17, 15) is 18.0 Å². The Morgan fingerprint density at radius 2 is 1.78 bits per heavy atom. The van der Waals surface area contributed by atoms with E-state index in [1.54, 1.807) is 17.0 Å². The topological polar surface area (TPSA) is 92.6 Å². The number of hydrogen-bond donors (Lipinski definition) is 0. The molecule has 4 rings (SSSR count). The molecule has 0 N–H and O–H groups in total. The molecule has 12 heteroatoms. The van der Waals surface area contributed by atoms with Gasteiger partial charge in [-0.1, -0.05) is 23.2 Å². The van der Waals surface area contributed by atoms with Crippen molar-refractivity contribution in [1.82, 2.24) is 18.8 Å². The van der Waals surface area contributed by atoms with Gasteiger partial charge in [-0.15, -0.1) is 0 Å². The second kappa shape index (κ2) is 8.95. The highest BCUT2D eigenvalue weighted by Gasteiger charge is 2.31. The standard InChI is InChI=1S/C20H21Cl3N4O4S/c1-32(30,31)26-8-4-13(5-9-26)27-19(29)14-6-7-25(11-17(14)24-20(27)23)18(28)12-2-3-15(21)16(22)10-12/h2-3,10,13H,4-9,11H2,1H3. The largest absolute Gasteiger partial charge is 0.332 e. The zero-order chi connectivity index (χ0) is 23.2. The van der Waals surface area contributed by atoms with E-state index in [4.69, 9.17) is 34.8 Å². The van der Waals surface area contributed by atoms with Gasteiger partial charge in [0, 0.05) is 36.8 Å². The predicted molar refractivity (Wildman–Crippen MR) is 123 cm³/mol. The molecule has 0 bridgehead atoms. The van der Waals surface area contributed by atoms with Crippen molar-refractivity contribution in [1.29, 1.82) is 0 Å². The number of nitrogens with zero attached hydrogens (tertiary/aromatic N) is 4. The monoisotopic (exact) mass is 518 g/mol. The van der Waals surface area contributed by atoms with Crippen LogP contribution in [0.5, 0.6) is 0 Å². The number of piperidine rings is 1. The molecule has 0 aliphatic carbocycles. The third-order valence-corrected chi connectivity index (χ3v) is 8.24. The third kappa shape index (κ3) is 4.54. The molecule has 0 unspecified atom stereocenters. The van der Waals surface area contributed by atoms with Crippen LogP contribution < -0.4 is 5.56 Å². The first-order valence-electron chi connectivity index (χ1n) is 10.1. The van der Waals surface area contributed by atoms with Crippen molar-refractivity contribution < 1.29 is 13.2 Å². The summed E-state index contributed by atoms with van der Waals surface area (Å²) in [5.74, 6) is -0.232. The van der Waals surface area contributed by atoms with Crippen LogP contribution in [0.25, 0.3) is 0 Å². The molecule has 0 radical (unpaired) electrons. The van der Waals surface area contributed by atoms with Gasteiger partial charge in [0.1, 0.15) is 0 Å². The SMILES string of the molecule is CS(=O)(=O)N1CCC(n2c(Cl)nc3c(c2=O)CCN(C(=O)c2ccc(Cl)c(Cl)c2)C3)CC1. The highest BCUT2D eigenvalue weighted by atomic mass is 35.5. The molecule has 1 aromatic heterocycles. The number of carbonyl (C=O) groups excluding carboxylic acids is 1. The van der Waals surface area contributed by atoms with E-state index in [1.807, 2.05) is 0 Å². The van der Waals surface area contributed by atoms with Gasteiger partial charge < -0.3 is 4.90 Å². The van der Waals surface area contributed by atoms with Gasteiger partial charge in [-0.2, -0.15) is 0 Å². The number of rotatable bonds is 3. The molecular weight excluding hydrogens is 499 g/mol. The summed E-state index contributed by atoms with van der Waals surface area (Å²) in [6, 6.07) is 4.47. The Balaban J connectivity index is 1.56. The summed E-state index contributed by atoms with van der Waals surface area (Å²) >= 11 is 18.4. The summed E-state index contributed by atoms with van der Waals surface area (Å²) in [5, 5.41) is 0.708. The van der Waals surface area contributed by atoms with Crippen LogP contribution in [0.4, 0.5) is 0 Å². The van der Waals surface area contributed by atoms with Crippen molar-refractivity contribution >= 4 is 50.7 Å². The Labute approximate surface area is 200 Å². The van der Waals surface area contributed by atoms with Crippen LogP contribution in [-0.2, 0) is 23.0 Å². The molecule has 1 aromatic carbocycles. The van der Waals surface area contributed by atoms with Crippen LogP contribution in [-0.4, -0.2) is 59.0 Å². The lowest BCUT2D eigenvalue weighted by Crippen LogP contribution is -2.43. The van der Waals surface area contributed by atoms with Crippen molar-refractivity contribution in [3.05, 3.63) is 60.7 Å². The van der Waals surface area contributed by atoms with Crippen LogP contribution in [0.2, 0.25) is 15.3 Å². The lowest BCUT2D eigenvalue weighted by atomic mass is 10.0. The normalized spacial score (nSPS) is 17.9. The van der Waals surface area contributed by atoms with Gasteiger partial charge >= 0.3 is 0 Å². The first kappa shape index (κ1) is 23.5. The van der Waals surface area contributed by atoms with E-state index in [2.05, 4.69) is 4.98 Å². The first-order chi connectivity index (χ1) is 15.1. The van der Waals surface area contributed by atoms with Crippen LogP contribution in [0.1, 0.15) is 40.5 Å². The minimum Gasteiger partial charge on any atom is -0.332 e. The van der Waals surface area contributed by atoms with Crippen molar-refractivity contribution in [2.24, 2.45) is 0 Å². The van der Waals surface area contributed by atoms with Crippen LogP contribution in [0.15, 0.2) is 23.0 Å². The maximum Gasteiger partial charge on any atom is 0.258 e. The first-order valence-corrected chi connectivity index (χ1v) is 13.0. The maximum atomic E-state index is 13.2. The quantitative estimate of drug-likeness (QED) is 0.581. The van der Waals surface area contributed by atoms with Gasteiger partial charge in [-0.3, -0.25) is 14.2 Å². The minimum atomic E-state index is -3.26. The number of sulfonamides is 1. The molecule has 1 fully saturated rings. The average molecular weight is 520 g/mol. The Morgan fingerprint density at radius 1 is 1.09 bits per heavy atom. The van der Waals surface area contributed by atoms with Gasteiger partial charge in [-0.25, -0.2) is 17.7 Å². The molecule has 3 heterocycles. The van der Waals surface area contributed by atoms with Gasteiger partial charge in [0.2, 0.25) is 15.3 Å². The van der Waals surface area contributed by atoms with E-state index in [0.717, 1.165) is 0 Å². The Hall–Kier alpha value is -1.65. The molecule has 2 aliphatic heterocycles. The summed E-state index contributed by atoms with van der Waals surface area (Å²) in [7, 11) is -3.26. The second-order valence-electron chi connectivity index (χ2n) is 7.98. The lowest BCUT2D eigenvalue weighted by molar-refractivity contribution is 0.0730. The number of hydrogen-bond acceptors (Lipinski definition) is 5. The molecule has 1 amide bonds. The van der Waals surface area contributed by atoms with Crippen LogP contribution >= 0.6 is 34.8 Å². The highest BCUT2D eigenvalue weighted by molar-refractivity contribution is 7.88. The zero-order valence-electron chi connectivity index (χ0n) is 17.2. The van der Waals surface area contributed by atoms with Crippen LogP contribution in [0, 0.1) is 0 Å². The predicted octanol–water partition coefficient (Wildman–Crippen LogP) is 3.00. The Bertz CT molecular complexity index is 1240. The summed E-state index contributed by atoms with van der Waals surface area (Å²) in [4.78, 5) is 32.1. The van der Waals surface area contributed by atoms with Gasteiger partial charge in [0.25, 0.3) is 11.5 Å². The van der Waals surface area contributed by atoms with E-state index in [0.29, 0.717) is 65.8 Å². The number of fused-ring (bicyclic) bond motifs is 1. The molecule has 2 aromatic rings. The van der Waals surface area contributed by atoms with E-state index >= 15 is 0 Å². The summed E-state index contributed by atoms with van der Waals surface area (Å²) < 4.78 is 26.4. The second-order valence-corrected chi connectivity index (χ2v) is 11.1. The molecular formula is C20H21Cl3N4O4S. The molecule has 172 valence electrons. The van der Waals surface area contributed by atoms with Crippen molar-refractivity contribution in [3.63, 3.8) is 0 Å². The molecule has 0 atom stereocenters. The van der Waals surface area contributed by atoms with E-state index in [1.165, 1.54) is 21.2 Å². The molecule has 2 aliphatic rings. The highest BCUT2D eigenvalue weighted by Crippen LogP contribution is 2.28.